The van der Waals surface area contributed by atoms with Crippen molar-refractivity contribution >= 4 is 40.4 Å². The molecule has 0 spiro atoms. The standard InChI is InChI=1S/C33H20Cl2F8N4O3/c1-15(17-5-3-7-21(9-17)49-30-23(34)11-19(13-25(30)36)32(38,39)40)27(46-44)29(48)28(47-45)16(2)18-6-4-8-22(10-18)50-31-24(35)12-20(14-26(31)37)33(41,42)43/h3-16H,1-2H3. The zero-order valence-electron chi connectivity index (χ0n) is 25.4. The zero-order valence-corrected chi connectivity index (χ0v) is 26.9. The Morgan fingerprint density at radius 2 is 1.02 bits per heavy atom. The normalized spacial score (nSPS) is 12.7. The number of carbonyl (C=O) groups excluding carboxylic acids is 1. The molecule has 0 radical (unpaired) electrons. The number of hydrogen-bond donors (Lipinski definition) is 0. The number of halogens is 10. The first-order valence-corrected chi connectivity index (χ1v) is 14.8. The average Bonchev–Trinajstić information content (AvgIpc) is 3.04. The lowest BCUT2D eigenvalue weighted by Crippen LogP contribution is -2.32. The first-order valence-electron chi connectivity index (χ1n) is 14.0. The van der Waals surface area contributed by atoms with Gasteiger partial charge in [0.05, 0.1) is 33.0 Å². The number of ketones is 1. The Hall–Kier alpha value is -5.07. The summed E-state index contributed by atoms with van der Waals surface area (Å²) in [5, 5.41) is -1.33. The summed E-state index contributed by atoms with van der Waals surface area (Å²) in [6.45, 7) is 2.85. The molecule has 0 fully saturated rings. The van der Waals surface area contributed by atoms with Gasteiger partial charge in [-0.25, -0.2) is 8.78 Å². The molecule has 2 atom stereocenters. The van der Waals surface area contributed by atoms with Gasteiger partial charge in [0.2, 0.25) is 0 Å². The maximum Gasteiger partial charge on any atom is 0.416 e. The quantitative estimate of drug-likeness (QED) is 0.0698. The molecule has 0 amide bonds. The SMILES string of the molecule is CC(C(=[N+]=[N-])C(=O)C(=[N+]=[N-])C(C)c1cccc(Oc2c(F)cc(C(F)(F)F)cc2Cl)c1)c1cccc(Oc2c(F)cc(C(F)(F)F)cc2Cl)c1. The lowest BCUT2D eigenvalue weighted by atomic mass is 9.86. The van der Waals surface area contributed by atoms with Crippen LogP contribution in [0.3, 0.4) is 0 Å². The summed E-state index contributed by atoms with van der Waals surface area (Å²) >= 11 is 11.7. The second-order valence-corrected chi connectivity index (χ2v) is 11.4. The predicted octanol–water partition coefficient (Wildman–Crippen LogP) is 10.7. The number of hydrogen-bond acceptors (Lipinski definition) is 3. The highest BCUT2D eigenvalue weighted by Gasteiger charge is 2.41. The number of carbonyl (C=O) groups is 1. The molecule has 0 saturated carbocycles. The Labute approximate surface area is 287 Å². The molecule has 0 N–H and O–H groups in total. The zero-order chi connectivity index (χ0) is 37.1. The van der Waals surface area contributed by atoms with E-state index in [9.17, 15) is 51.0 Å². The molecule has 2 unspecified atom stereocenters. The Balaban J connectivity index is 1.56. The van der Waals surface area contributed by atoms with Crippen LogP contribution < -0.4 is 9.47 Å². The van der Waals surface area contributed by atoms with Crippen LogP contribution in [0.25, 0.3) is 11.1 Å². The van der Waals surface area contributed by atoms with E-state index in [1.165, 1.54) is 62.4 Å². The molecule has 4 aromatic carbocycles. The van der Waals surface area contributed by atoms with Gasteiger partial charge in [0.1, 0.15) is 11.5 Å². The monoisotopic (exact) mass is 742 g/mol. The summed E-state index contributed by atoms with van der Waals surface area (Å²) in [5.74, 6) is -7.53. The fourth-order valence-corrected chi connectivity index (χ4v) is 5.17. The van der Waals surface area contributed by atoms with Crippen molar-refractivity contribution < 1.29 is 59.0 Å². The van der Waals surface area contributed by atoms with Gasteiger partial charge in [0.15, 0.2) is 23.1 Å². The van der Waals surface area contributed by atoms with E-state index in [2.05, 4.69) is 9.58 Å². The minimum Gasteiger partial charge on any atom is -0.453 e. The molecule has 17 heteroatoms. The van der Waals surface area contributed by atoms with Crippen molar-refractivity contribution in [2.45, 2.75) is 38.0 Å². The maximum atomic E-state index is 14.5. The van der Waals surface area contributed by atoms with Crippen molar-refractivity contribution in [3.8, 4) is 23.0 Å². The Bertz CT molecular complexity index is 1880. The van der Waals surface area contributed by atoms with Gasteiger partial charge in [0.25, 0.3) is 0 Å². The van der Waals surface area contributed by atoms with Gasteiger partial charge in [0, 0.05) is 0 Å². The summed E-state index contributed by atoms with van der Waals surface area (Å²) < 4.78 is 118. The first kappa shape index (κ1) is 37.7. The summed E-state index contributed by atoms with van der Waals surface area (Å²) in [6, 6.07) is 12.3. The number of benzene rings is 4. The second-order valence-electron chi connectivity index (χ2n) is 10.6. The molecular weight excluding hydrogens is 723 g/mol. The Kier molecular flexibility index (Phi) is 11.2. The predicted molar refractivity (Wildman–Crippen MR) is 165 cm³/mol. The summed E-state index contributed by atoms with van der Waals surface area (Å²) in [7, 11) is 0. The number of nitrogens with zero attached hydrogens (tertiary/aromatic N) is 4. The van der Waals surface area contributed by atoms with Crippen LogP contribution in [0.2, 0.25) is 10.0 Å². The van der Waals surface area contributed by atoms with E-state index < -0.39 is 85.7 Å². The van der Waals surface area contributed by atoms with Crippen LogP contribution in [0.4, 0.5) is 35.1 Å². The minimum absolute atomic E-state index is 0.106. The van der Waals surface area contributed by atoms with Gasteiger partial charge in [-0.15, -0.1) is 0 Å². The number of alkyl halides is 6. The smallest absolute Gasteiger partial charge is 0.416 e. The van der Waals surface area contributed by atoms with E-state index in [0.29, 0.717) is 12.1 Å². The third kappa shape index (κ3) is 8.38. The van der Waals surface area contributed by atoms with Gasteiger partial charge in [-0.2, -0.15) is 35.9 Å². The highest BCUT2D eigenvalue weighted by Crippen LogP contribution is 2.40. The number of ether oxygens (including phenoxy) is 2. The van der Waals surface area contributed by atoms with E-state index in [1.54, 1.807) is 0 Å². The Morgan fingerprint density at radius 3 is 1.32 bits per heavy atom. The number of Topliss-reactive ketones (excluding diaryl/α,β-unsaturated/α-hetero) is 1. The fourth-order valence-electron chi connectivity index (χ4n) is 4.68. The van der Waals surface area contributed by atoms with Crippen LogP contribution in [0.1, 0.15) is 47.9 Å². The van der Waals surface area contributed by atoms with Gasteiger partial charge in [-0.1, -0.05) is 47.5 Å². The topological polar surface area (TPSA) is 108 Å². The third-order valence-corrected chi connectivity index (χ3v) is 7.87. The van der Waals surface area contributed by atoms with Crippen molar-refractivity contribution in [2.75, 3.05) is 0 Å². The van der Waals surface area contributed by atoms with Crippen molar-refractivity contribution in [1.82, 2.24) is 0 Å². The van der Waals surface area contributed by atoms with Gasteiger partial charge < -0.3 is 20.5 Å². The molecule has 0 bridgehead atoms. The first-order chi connectivity index (χ1) is 23.3. The third-order valence-electron chi connectivity index (χ3n) is 7.31. The van der Waals surface area contributed by atoms with Gasteiger partial charge >= 0.3 is 29.6 Å². The molecule has 0 heterocycles. The molecule has 50 heavy (non-hydrogen) atoms. The molecule has 260 valence electrons. The second kappa shape index (κ2) is 14.8. The number of rotatable bonds is 10. The Morgan fingerprint density at radius 1 is 0.660 bits per heavy atom. The molecule has 0 aliphatic rings. The molecule has 0 saturated heterocycles. The highest BCUT2D eigenvalue weighted by atomic mass is 35.5. The van der Waals surface area contributed by atoms with E-state index in [4.69, 9.17) is 32.7 Å². The van der Waals surface area contributed by atoms with Crippen LogP contribution in [0, 0.1) is 11.6 Å². The largest absolute Gasteiger partial charge is 0.453 e. The lowest BCUT2D eigenvalue weighted by Gasteiger charge is -2.14. The summed E-state index contributed by atoms with van der Waals surface area (Å²) in [6.07, 6.45) is -9.72. The van der Waals surface area contributed by atoms with Gasteiger partial charge in [-0.05, 0) is 73.5 Å². The summed E-state index contributed by atoms with van der Waals surface area (Å²) in [4.78, 5) is 19.7. The van der Waals surface area contributed by atoms with Gasteiger partial charge in [-0.3, -0.25) is 4.79 Å². The van der Waals surface area contributed by atoms with E-state index >= 15 is 0 Å². The molecule has 0 aliphatic carbocycles. The highest BCUT2D eigenvalue weighted by molar-refractivity contribution is 6.65. The van der Waals surface area contributed by atoms with Crippen LogP contribution in [0.5, 0.6) is 23.0 Å². The maximum absolute atomic E-state index is 14.5. The molecule has 0 aromatic heterocycles. The molecule has 0 aliphatic heterocycles. The molecular formula is C33H20Cl2F8N4O3. The van der Waals surface area contributed by atoms with Crippen LogP contribution in [-0.4, -0.2) is 26.8 Å². The van der Waals surface area contributed by atoms with Crippen molar-refractivity contribution in [2.24, 2.45) is 0 Å². The summed E-state index contributed by atoms with van der Waals surface area (Å²) in [5.41, 5.74) is 16.4. The minimum atomic E-state index is -4.86. The van der Waals surface area contributed by atoms with Crippen molar-refractivity contribution in [3.05, 3.63) is 128 Å². The average molecular weight is 743 g/mol. The van der Waals surface area contributed by atoms with Crippen molar-refractivity contribution in [1.29, 1.82) is 0 Å². The van der Waals surface area contributed by atoms with Crippen LogP contribution in [0.15, 0.2) is 72.8 Å². The van der Waals surface area contributed by atoms with Crippen LogP contribution in [-0.2, 0) is 17.1 Å². The fraction of sp³-hybridized carbons (Fsp3) is 0.182. The molecule has 7 nitrogen and oxygen atoms in total. The lowest BCUT2D eigenvalue weighted by molar-refractivity contribution is -0.138. The molecule has 4 rings (SSSR count). The van der Waals surface area contributed by atoms with E-state index in [-0.39, 0.29) is 34.8 Å². The van der Waals surface area contributed by atoms with Crippen LogP contribution >= 0.6 is 23.2 Å². The van der Waals surface area contributed by atoms with E-state index in [1.807, 2.05) is 0 Å². The van der Waals surface area contributed by atoms with Crippen molar-refractivity contribution in [3.63, 3.8) is 0 Å². The van der Waals surface area contributed by atoms with E-state index in [0.717, 1.165) is 0 Å². The molecule has 4 aromatic rings.